The number of aliphatic hydroxyl groups is 1. The number of carbonyl (C=O) groups is 4. The maximum absolute atomic E-state index is 13.4. The van der Waals surface area contributed by atoms with Gasteiger partial charge in [-0.1, -0.05) is 6.07 Å². The van der Waals surface area contributed by atoms with Crippen molar-refractivity contribution in [3.8, 4) is 11.5 Å². The van der Waals surface area contributed by atoms with Crippen LogP contribution < -0.4 is 15.4 Å². The molecule has 0 aliphatic heterocycles. The van der Waals surface area contributed by atoms with Gasteiger partial charge in [0.2, 0.25) is 0 Å². The summed E-state index contributed by atoms with van der Waals surface area (Å²) >= 11 is 0. The van der Waals surface area contributed by atoms with Gasteiger partial charge in [0.1, 0.15) is 11.5 Å². The number of Topliss-reactive ketones (excluding diaryl/α,β-unsaturated/α-hetero) is 1. The van der Waals surface area contributed by atoms with E-state index in [-0.39, 0.29) is 28.3 Å². The summed E-state index contributed by atoms with van der Waals surface area (Å²) in [7, 11) is 0.974. The van der Waals surface area contributed by atoms with Crippen molar-refractivity contribution in [3.05, 3.63) is 82.4 Å². The fraction of sp³-hybridized carbons (Fsp3) is 0.185. The Morgan fingerprint density at radius 2 is 1.21 bits per heavy atom. The number of hydrogen-bond acceptors (Lipinski definition) is 7. The summed E-state index contributed by atoms with van der Waals surface area (Å²) in [5, 5.41) is 32.8. The molecule has 0 spiro atoms. The van der Waals surface area contributed by atoms with Gasteiger partial charge in [-0.05, 0) is 55.5 Å². The minimum Gasteiger partial charge on any atom is -0.478 e. The van der Waals surface area contributed by atoms with Crippen LogP contribution in [0.2, 0.25) is 0 Å². The number of halogens is 6. The van der Waals surface area contributed by atoms with Gasteiger partial charge < -0.3 is 30.7 Å². The molecule has 16 heteroatoms. The standard InChI is InChI=1S/C27H20F6N2O8/c1-12(36)18-10-14(4-6-16(18)23(38)39)43-15-5-7-17(24(40)41)19(11-15)22(37)35-13-3-8-20(21(9-13)34-2)25(42,26(28,29)30)27(31,32)33/h3-11,34,42H,1-2H3,(H,35,37)(H,38,39)(H,40,41). The van der Waals surface area contributed by atoms with Gasteiger partial charge in [0.25, 0.3) is 11.5 Å². The maximum atomic E-state index is 13.4. The highest BCUT2D eigenvalue weighted by atomic mass is 19.4. The van der Waals surface area contributed by atoms with E-state index in [1.54, 1.807) is 0 Å². The van der Waals surface area contributed by atoms with Crippen molar-refractivity contribution in [3.63, 3.8) is 0 Å². The smallest absolute Gasteiger partial charge is 0.430 e. The number of carbonyl (C=O) groups excluding carboxylic acids is 2. The molecule has 0 unspecified atom stereocenters. The number of aromatic carboxylic acids is 2. The summed E-state index contributed by atoms with van der Waals surface area (Å²) in [4.78, 5) is 48.0. The third kappa shape index (κ3) is 6.38. The third-order valence-electron chi connectivity index (χ3n) is 6.06. The summed E-state index contributed by atoms with van der Waals surface area (Å²) in [6, 6.07) is 8.08. The lowest BCUT2D eigenvalue weighted by atomic mass is 9.90. The molecule has 5 N–H and O–H groups in total. The largest absolute Gasteiger partial charge is 0.478 e. The van der Waals surface area contributed by atoms with E-state index in [4.69, 9.17) is 4.74 Å². The van der Waals surface area contributed by atoms with Crippen molar-refractivity contribution in [2.45, 2.75) is 24.9 Å². The minimum atomic E-state index is -6.17. The number of carboxylic acids is 2. The van der Waals surface area contributed by atoms with Crippen molar-refractivity contribution in [2.75, 3.05) is 17.7 Å². The number of nitrogens with one attached hydrogen (secondary N) is 2. The zero-order valence-corrected chi connectivity index (χ0v) is 21.8. The number of ketones is 1. The number of rotatable bonds is 9. The molecule has 0 aliphatic carbocycles. The Hall–Kier alpha value is -5.12. The van der Waals surface area contributed by atoms with E-state index in [0.29, 0.717) is 18.2 Å². The molecular weight excluding hydrogens is 594 g/mol. The Labute approximate surface area is 237 Å². The molecule has 43 heavy (non-hydrogen) atoms. The topological polar surface area (TPSA) is 162 Å². The number of amides is 1. The van der Waals surface area contributed by atoms with Crippen molar-refractivity contribution in [2.24, 2.45) is 0 Å². The van der Waals surface area contributed by atoms with Gasteiger partial charge in [-0.25, -0.2) is 9.59 Å². The van der Waals surface area contributed by atoms with Crippen LogP contribution in [0.15, 0.2) is 54.6 Å². The lowest BCUT2D eigenvalue weighted by molar-refractivity contribution is -0.376. The van der Waals surface area contributed by atoms with E-state index in [1.165, 1.54) is 6.07 Å². The van der Waals surface area contributed by atoms with Crippen LogP contribution in [0.4, 0.5) is 37.7 Å². The summed E-state index contributed by atoms with van der Waals surface area (Å²) in [6.45, 7) is 1.12. The zero-order chi connectivity index (χ0) is 32.5. The SMILES string of the molecule is CNc1cc(NC(=O)c2cc(Oc3ccc(C(=O)O)c(C(C)=O)c3)ccc2C(=O)O)ccc1C(O)(C(F)(F)F)C(F)(F)F. The molecule has 3 rings (SSSR count). The van der Waals surface area contributed by atoms with Crippen molar-refractivity contribution >= 4 is 35.0 Å². The first-order valence-electron chi connectivity index (χ1n) is 11.7. The van der Waals surface area contributed by atoms with Gasteiger partial charge in [-0.3, -0.25) is 9.59 Å². The van der Waals surface area contributed by atoms with Crippen molar-refractivity contribution < 1.29 is 65.6 Å². The van der Waals surface area contributed by atoms with Crippen LogP contribution in [0, 0.1) is 0 Å². The van der Waals surface area contributed by atoms with Crippen LogP contribution in [-0.4, -0.2) is 58.3 Å². The average molecular weight is 614 g/mol. The fourth-order valence-corrected chi connectivity index (χ4v) is 3.97. The zero-order valence-electron chi connectivity index (χ0n) is 21.8. The van der Waals surface area contributed by atoms with Crippen LogP contribution in [-0.2, 0) is 5.60 Å². The second-order valence-electron chi connectivity index (χ2n) is 8.85. The first-order valence-corrected chi connectivity index (χ1v) is 11.7. The van der Waals surface area contributed by atoms with E-state index in [0.717, 1.165) is 44.3 Å². The minimum absolute atomic E-state index is 0.0549. The Balaban J connectivity index is 2.00. The van der Waals surface area contributed by atoms with Crippen molar-refractivity contribution in [1.29, 1.82) is 0 Å². The molecule has 3 aromatic carbocycles. The number of carboxylic acid groups (broad SMARTS) is 2. The monoisotopic (exact) mass is 614 g/mol. The van der Waals surface area contributed by atoms with Gasteiger partial charge in [-0.2, -0.15) is 26.3 Å². The first kappa shape index (κ1) is 32.4. The molecule has 0 radical (unpaired) electrons. The molecule has 0 aromatic heterocycles. The van der Waals surface area contributed by atoms with Crippen LogP contribution in [0.1, 0.15) is 53.9 Å². The highest BCUT2D eigenvalue weighted by Crippen LogP contribution is 2.52. The summed E-state index contributed by atoms with van der Waals surface area (Å²) < 4.78 is 85.9. The molecule has 0 fully saturated rings. The molecule has 0 saturated heterocycles. The molecule has 0 heterocycles. The number of alkyl halides is 6. The van der Waals surface area contributed by atoms with Crippen LogP contribution in [0.5, 0.6) is 11.5 Å². The quantitative estimate of drug-likeness (QED) is 0.151. The number of hydrogen-bond donors (Lipinski definition) is 5. The normalized spacial score (nSPS) is 11.9. The predicted octanol–water partition coefficient (Wildman–Crippen LogP) is 5.68. The molecule has 0 bridgehead atoms. The third-order valence-corrected chi connectivity index (χ3v) is 6.06. The molecule has 0 saturated carbocycles. The number of ether oxygens (including phenoxy) is 1. The van der Waals surface area contributed by atoms with Gasteiger partial charge in [-0.15, -0.1) is 0 Å². The van der Waals surface area contributed by atoms with E-state index in [9.17, 15) is 60.8 Å². The highest BCUT2D eigenvalue weighted by molar-refractivity contribution is 6.11. The Bertz CT molecular complexity index is 1600. The van der Waals surface area contributed by atoms with E-state index >= 15 is 0 Å². The lowest BCUT2D eigenvalue weighted by Gasteiger charge is -2.34. The van der Waals surface area contributed by atoms with Crippen LogP contribution in [0.25, 0.3) is 0 Å². The highest BCUT2D eigenvalue weighted by Gasteiger charge is 2.72. The molecule has 0 aliphatic rings. The van der Waals surface area contributed by atoms with Gasteiger partial charge in [0, 0.05) is 29.5 Å². The van der Waals surface area contributed by atoms with E-state index in [2.05, 4.69) is 10.6 Å². The summed E-state index contributed by atoms with van der Waals surface area (Å²) in [5.74, 6) is -4.92. The summed E-state index contributed by atoms with van der Waals surface area (Å²) in [5.41, 5.74) is -9.70. The lowest BCUT2D eigenvalue weighted by Crippen LogP contribution is -2.54. The fourth-order valence-electron chi connectivity index (χ4n) is 3.97. The molecular formula is C27H20F6N2O8. The second kappa shape index (κ2) is 11.6. The van der Waals surface area contributed by atoms with Gasteiger partial charge >= 0.3 is 24.3 Å². The molecule has 10 nitrogen and oxygen atoms in total. The Kier molecular flexibility index (Phi) is 8.77. The van der Waals surface area contributed by atoms with Gasteiger partial charge in [0.05, 0.1) is 16.7 Å². The maximum Gasteiger partial charge on any atom is 0.430 e. The van der Waals surface area contributed by atoms with Crippen molar-refractivity contribution in [1.82, 2.24) is 0 Å². The first-order chi connectivity index (χ1) is 19.8. The van der Waals surface area contributed by atoms with Gasteiger partial charge in [0.15, 0.2) is 5.78 Å². The molecule has 1 amide bonds. The number of anilines is 2. The predicted molar refractivity (Wildman–Crippen MR) is 137 cm³/mol. The van der Waals surface area contributed by atoms with Crippen LogP contribution >= 0.6 is 0 Å². The van der Waals surface area contributed by atoms with E-state index < -0.39 is 64.0 Å². The number of benzene rings is 3. The van der Waals surface area contributed by atoms with Crippen LogP contribution in [0.3, 0.4) is 0 Å². The molecule has 0 atom stereocenters. The van der Waals surface area contributed by atoms with E-state index in [1.807, 2.05) is 0 Å². The average Bonchev–Trinajstić information content (AvgIpc) is 2.90. The summed E-state index contributed by atoms with van der Waals surface area (Å²) in [6.07, 6.45) is -12.3. The Morgan fingerprint density at radius 3 is 1.65 bits per heavy atom. The Morgan fingerprint density at radius 1 is 0.721 bits per heavy atom. The second-order valence-corrected chi connectivity index (χ2v) is 8.85. The molecule has 3 aromatic rings. The molecule has 228 valence electrons.